The molecule has 2 N–H and O–H groups in total. The van der Waals surface area contributed by atoms with Gasteiger partial charge in [-0.1, -0.05) is 31.2 Å². The van der Waals surface area contributed by atoms with Crippen molar-refractivity contribution < 1.29 is 14.3 Å². The number of benzene rings is 2. The molecule has 1 aromatic heterocycles. The number of carbonyl (C=O) groups is 1. The van der Waals surface area contributed by atoms with E-state index >= 15 is 0 Å². The number of aromatic nitrogens is 3. The third-order valence-corrected chi connectivity index (χ3v) is 5.12. The van der Waals surface area contributed by atoms with Gasteiger partial charge in [-0.25, -0.2) is 4.68 Å². The lowest BCUT2D eigenvalue weighted by molar-refractivity contribution is -0.113. The molecule has 2 aromatic carbocycles. The first-order chi connectivity index (χ1) is 15.6. The van der Waals surface area contributed by atoms with E-state index in [1.807, 2.05) is 62.4 Å². The van der Waals surface area contributed by atoms with Gasteiger partial charge in [0.2, 0.25) is 5.95 Å². The third-order valence-electron chi connectivity index (χ3n) is 5.12. The number of para-hydroxylation sites is 1. The maximum Gasteiger partial charge on any atom is 0.255 e. The zero-order valence-corrected chi connectivity index (χ0v) is 18.5. The summed E-state index contributed by atoms with van der Waals surface area (Å²) >= 11 is 0. The van der Waals surface area contributed by atoms with E-state index in [-0.39, 0.29) is 5.91 Å². The van der Waals surface area contributed by atoms with Crippen molar-refractivity contribution in [1.82, 2.24) is 14.8 Å². The molecule has 1 atom stereocenters. The summed E-state index contributed by atoms with van der Waals surface area (Å²) in [6.07, 6.45) is 2.37. The quantitative estimate of drug-likeness (QED) is 0.547. The highest BCUT2D eigenvalue weighted by Crippen LogP contribution is 2.39. The van der Waals surface area contributed by atoms with Gasteiger partial charge in [0.15, 0.2) is 11.5 Å². The molecule has 8 heteroatoms. The molecule has 0 fully saturated rings. The number of fused-ring (bicyclic) bond motifs is 1. The molecular weight excluding hydrogens is 406 g/mol. The standard InChI is InChI=1S/C24H27N5O3/c1-4-13-32-19-12-11-17(14-20(19)31-5-2)22-21(16(3)27-24-25-15-26-29(22)24)23(30)28-18-9-7-6-8-10-18/h6-12,14-15,22H,4-5,13H2,1-3H3,(H,28,30)(H,25,26,27). The van der Waals surface area contributed by atoms with E-state index in [1.54, 1.807) is 4.68 Å². The smallest absolute Gasteiger partial charge is 0.255 e. The van der Waals surface area contributed by atoms with Gasteiger partial charge in [0, 0.05) is 11.4 Å². The van der Waals surface area contributed by atoms with Crippen LogP contribution in [0.25, 0.3) is 0 Å². The summed E-state index contributed by atoms with van der Waals surface area (Å²) in [5.41, 5.74) is 2.84. The Morgan fingerprint density at radius 2 is 1.94 bits per heavy atom. The minimum absolute atomic E-state index is 0.211. The summed E-state index contributed by atoms with van der Waals surface area (Å²) in [5.74, 6) is 1.69. The molecule has 0 bridgehead atoms. The zero-order chi connectivity index (χ0) is 22.5. The maximum absolute atomic E-state index is 13.4. The topological polar surface area (TPSA) is 90.3 Å². The fourth-order valence-corrected chi connectivity index (χ4v) is 3.71. The first-order valence-electron chi connectivity index (χ1n) is 10.8. The predicted molar refractivity (Wildman–Crippen MR) is 123 cm³/mol. The molecule has 0 spiro atoms. The lowest BCUT2D eigenvalue weighted by Gasteiger charge is -2.29. The minimum atomic E-state index is -0.475. The van der Waals surface area contributed by atoms with Crippen LogP contribution in [0.15, 0.2) is 66.1 Å². The van der Waals surface area contributed by atoms with Crippen molar-refractivity contribution in [1.29, 1.82) is 0 Å². The molecule has 0 aliphatic carbocycles. The van der Waals surface area contributed by atoms with Crippen LogP contribution in [0.2, 0.25) is 0 Å². The summed E-state index contributed by atoms with van der Waals surface area (Å²) in [6, 6.07) is 14.6. The molecule has 1 unspecified atom stereocenters. The molecular formula is C24H27N5O3. The molecule has 4 rings (SSSR count). The number of nitrogens with zero attached hydrogens (tertiary/aromatic N) is 3. The predicted octanol–water partition coefficient (Wildman–Crippen LogP) is 4.39. The second-order valence-corrected chi connectivity index (χ2v) is 7.40. The fourth-order valence-electron chi connectivity index (χ4n) is 3.71. The molecule has 8 nitrogen and oxygen atoms in total. The Kier molecular flexibility index (Phi) is 6.39. The normalized spacial score (nSPS) is 15.0. The van der Waals surface area contributed by atoms with Gasteiger partial charge in [0.25, 0.3) is 5.91 Å². The summed E-state index contributed by atoms with van der Waals surface area (Å²) in [6.45, 7) is 6.96. The molecule has 0 saturated heterocycles. The second-order valence-electron chi connectivity index (χ2n) is 7.40. The average Bonchev–Trinajstić information content (AvgIpc) is 3.26. The number of carbonyl (C=O) groups excluding carboxylic acids is 1. The van der Waals surface area contributed by atoms with Gasteiger partial charge in [0.1, 0.15) is 12.4 Å². The number of anilines is 2. The van der Waals surface area contributed by atoms with Gasteiger partial charge >= 0.3 is 0 Å². The molecule has 0 radical (unpaired) electrons. The maximum atomic E-state index is 13.4. The summed E-state index contributed by atoms with van der Waals surface area (Å²) in [7, 11) is 0. The van der Waals surface area contributed by atoms with E-state index in [9.17, 15) is 4.79 Å². The van der Waals surface area contributed by atoms with Crippen molar-refractivity contribution in [3.63, 3.8) is 0 Å². The van der Waals surface area contributed by atoms with Gasteiger partial charge in [-0.3, -0.25) is 4.79 Å². The van der Waals surface area contributed by atoms with Gasteiger partial charge < -0.3 is 20.1 Å². The zero-order valence-electron chi connectivity index (χ0n) is 18.5. The van der Waals surface area contributed by atoms with E-state index in [0.29, 0.717) is 41.9 Å². The number of nitrogens with one attached hydrogen (secondary N) is 2. The van der Waals surface area contributed by atoms with Gasteiger partial charge in [-0.15, -0.1) is 0 Å². The van der Waals surface area contributed by atoms with Crippen LogP contribution in [-0.2, 0) is 4.79 Å². The van der Waals surface area contributed by atoms with Crippen LogP contribution < -0.4 is 20.1 Å². The number of hydrogen-bond acceptors (Lipinski definition) is 6. The van der Waals surface area contributed by atoms with Crippen LogP contribution in [0.4, 0.5) is 11.6 Å². The highest BCUT2D eigenvalue weighted by molar-refractivity contribution is 6.06. The first kappa shape index (κ1) is 21.4. The summed E-state index contributed by atoms with van der Waals surface area (Å²) in [4.78, 5) is 17.7. The fraction of sp³-hybridized carbons (Fsp3) is 0.292. The number of amides is 1. The number of hydrogen-bond donors (Lipinski definition) is 2. The van der Waals surface area contributed by atoms with E-state index in [1.165, 1.54) is 6.33 Å². The Bertz CT molecular complexity index is 1120. The second kappa shape index (κ2) is 9.55. The van der Waals surface area contributed by atoms with Crippen LogP contribution in [0.1, 0.15) is 38.8 Å². The first-order valence-corrected chi connectivity index (χ1v) is 10.8. The molecule has 166 valence electrons. The van der Waals surface area contributed by atoms with Crippen molar-refractivity contribution in [3.05, 3.63) is 71.7 Å². The monoisotopic (exact) mass is 433 g/mol. The Hall–Kier alpha value is -3.81. The van der Waals surface area contributed by atoms with Crippen molar-refractivity contribution >= 4 is 17.5 Å². The van der Waals surface area contributed by atoms with Crippen LogP contribution >= 0.6 is 0 Å². The van der Waals surface area contributed by atoms with Crippen LogP contribution in [0, 0.1) is 0 Å². The molecule has 1 aliphatic rings. The van der Waals surface area contributed by atoms with Crippen molar-refractivity contribution in [2.75, 3.05) is 23.8 Å². The molecule has 0 saturated carbocycles. The van der Waals surface area contributed by atoms with Crippen LogP contribution in [-0.4, -0.2) is 33.9 Å². The van der Waals surface area contributed by atoms with Crippen molar-refractivity contribution in [2.24, 2.45) is 0 Å². The lowest BCUT2D eigenvalue weighted by Crippen LogP contribution is -2.31. The summed E-state index contributed by atoms with van der Waals surface area (Å²) < 4.78 is 13.4. The summed E-state index contributed by atoms with van der Waals surface area (Å²) in [5, 5.41) is 10.6. The van der Waals surface area contributed by atoms with E-state index in [4.69, 9.17) is 9.47 Å². The van der Waals surface area contributed by atoms with Crippen molar-refractivity contribution in [2.45, 2.75) is 33.2 Å². The van der Waals surface area contributed by atoms with Crippen LogP contribution in [0.3, 0.4) is 0 Å². The number of rotatable bonds is 8. The largest absolute Gasteiger partial charge is 0.490 e. The number of ether oxygens (including phenoxy) is 2. The Labute approximate surface area is 187 Å². The van der Waals surface area contributed by atoms with Crippen LogP contribution in [0.5, 0.6) is 11.5 Å². The average molecular weight is 434 g/mol. The SMILES string of the molecule is CCCOc1ccc(C2C(C(=O)Nc3ccccc3)=C(C)Nc3ncnn32)cc1OCC. The lowest BCUT2D eigenvalue weighted by atomic mass is 9.94. The Morgan fingerprint density at radius 3 is 2.69 bits per heavy atom. The highest BCUT2D eigenvalue weighted by Gasteiger charge is 2.34. The van der Waals surface area contributed by atoms with Gasteiger partial charge in [-0.2, -0.15) is 10.1 Å². The third kappa shape index (κ3) is 4.30. The molecule has 2 heterocycles. The Morgan fingerprint density at radius 1 is 1.12 bits per heavy atom. The van der Waals surface area contributed by atoms with E-state index < -0.39 is 6.04 Å². The highest BCUT2D eigenvalue weighted by atomic mass is 16.5. The number of allylic oxidation sites excluding steroid dienone is 1. The molecule has 1 aliphatic heterocycles. The molecule has 3 aromatic rings. The molecule has 32 heavy (non-hydrogen) atoms. The Balaban J connectivity index is 1.75. The molecule has 1 amide bonds. The van der Waals surface area contributed by atoms with E-state index in [0.717, 1.165) is 17.7 Å². The van der Waals surface area contributed by atoms with Gasteiger partial charge in [0.05, 0.1) is 18.8 Å². The van der Waals surface area contributed by atoms with E-state index in [2.05, 4.69) is 27.6 Å². The minimum Gasteiger partial charge on any atom is -0.490 e. The van der Waals surface area contributed by atoms with Gasteiger partial charge in [-0.05, 0) is 50.1 Å². The van der Waals surface area contributed by atoms with Crippen molar-refractivity contribution in [3.8, 4) is 11.5 Å².